The quantitative estimate of drug-likeness (QED) is 0.170. The van der Waals surface area contributed by atoms with Crippen molar-refractivity contribution >= 4 is 44.7 Å². The van der Waals surface area contributed by atoms with Crippen molar-refractivity contribution in [2.45, 2.75) is 33.8 Å². The highest BCUT2D eigenvalue weighted by molar-refractivity contribution is 9.10. The lowest BCUT2D eigenvalue weighted by Crippen LogP contribution is -2.20. The molecule has 0 aliphatic heterocycles. The highest BCUT2D eigenvalue weighted by Crippen LogP contribution is 2.38. The summed E-state index contributed by atoms with van der Waals surface area (Å²) < 4.78 is 17.8. The standard InChI is InChI=1S/C23H23BrN4O7/c1-5-33-20-9-15(8-19(28(31)32)22(20)34-12-21(29)35-13(2)3)11-25-27-14(4)26-18-7-6-16(24)10-17(18)23(27)30/h6-11,13H,5,12H2,1-4H3. The van der Waals surface area contributed by atoms with Crippen LogP contribution in [0, 0.1) is 17.0 Å². The largest absolute Gasteiger partial charge is 0.490 e. The van der Waals surface area contributed by atoms with Crippen molar-refractivity contribution in [3.63, 3.8) is 0 Å². The van der Waals surface area contributed by atoms with E-state index >= 15 is 0 Å². The van der Waals surface area contributed by atoms with Gasteiger partial charge in [-0.3, -0.25) is 14.9 Å². The molecule has 1 aromatic heterocycles. The zero-order valence-electron chi connectivity index (χ0n) is 19.5. The van der Waals surface area contributed by atoms with Gasteiger partial charge in [-0.15, -0.1) is 0 Å². The van der Waals surface area contributed by atoms with Crippen LogP contribution in [-0.4, -0.2) is 46.1 Å². The summed E-state index contributed by atoms with van der Waals surface area (Å²) in [5.74, 6) is -0.498. The summed E-state index contributed by atoms with van der Waals surface area (Å²) in [5.41, 5.74) is -0.0283. The third kappa shape index (κ3) is 6.21. The number of hydrogen-bond donors (Lipinski definition) is 0. The van der Waals surface area contributed by atoms with E-state index in [0.717, 1.165) is 4.68 Å². The smallest absolute Gasteiger partial charge is 0.344 e. The van der Waals surface area contributed by atoms with Crippen LogP contribution in [0.2, 0.25) is 0 Å². The molecule has 0 bridgehead atoms. The molecule has 12 heteroatoms. The highest BCUT2D eigenvalue weighted by atomic mass is 79.9. The fourth-order valence-electron chi connectivity index (χ4n) is 3.17. The summed E-state index contributed by atoms with van der Waals surface area (Å²) in [6.45, 7) is 6.34. The second-order valence-corrected chi connectivity index (χ2v) is 8.48. The van der Waals surface area contributed by atoms with Gasteiger partial charge in [-0.05, 0) is 52.0 Å². The molecule has 2 aromatic carbocycles. The van der Waals surface area contributed by atoms with E-state index in [1.807, 2.05) is 0 Å². The van der Waals surface area contributed by atoms with Gasteiger partial charge in [0.05, 0.1) is 34.8 Å². The lowest BCUT2D eigenvalue weighted by molar-refractivity contribution is -0.385. The van der Waals surface area contributed by atoms with Crippen molar-refractivity contribution in [3.8, 4) is 11.5 Å². The van der Waals surface area contributed by atoms with Crippen LogP contribution < -0.4 is 15.0 Å². The molecule has 0 radical (unpaired) electrons. The fourth-order valence-corrected chi connectivity index (χ4v) is 3.54. The number of aryl methyl sites for hydroxylation is 1. The third-order valence-corrected chi connectivity index (χ3v) is 5.04. The average Bonchev–Trinajstić information content (AvgIpc) is 2.78. The first-order valence-electron chi connectivity index (χ1n) is 10.6. The van der Waals surface area contributed by atoms with Crippen LogP contribution in [-0.2, 0) is 9.53 Å². The predicted octanol–water partition coefficient (Wildman–Crippen LogP) is 3.99. The Hall–Kier alpha value is -3.80. The molecule has 0 N–H and O–H groups in total. The Morgan fingerprint density at radius 1 is 1.29 bits per heavy atom. The zero-order chi connectivity index (χ0) is 25.7. The Kier molecular flexibility index (Phi) is 8.18. The number of benzene rings is 2. The number of nitrogens with zero attached hydrogens (tertiary/aromatic N) is 4. The van der Waals surface area contributed by atoms with Crippen LogP contribution in [0.1, 0.15) is 32.2 Å². The number of esters is 1. The fraction of sp³-hybridized carbons (Fsp3) is 0.304. The normalized spacial score (nSPS) is 11.3. The highest BCUT2D eigenvalue weighted by Gasteiger charge is 2.24. The Morgan fingerprint density at radius 2 is 2.03 bits per heavy atom. The number of nitro groups is 1. The lowest BCUT2D eigenvalue weighted by Gasteiger charge is -2.13. The molecule has 0 atom stereocenters. The Balaban J connectivity index is 2.02. The van der Waals surface area contributed by atoms with E-state index < -0.39 is 28.7 Å². The minimum Gasteiger partial charge on any atom is -0.490 e. The molecule has 0 saturated carbocycles. The van der Waals surface area contributed by atoms with Crippen LogP contribution in [0.3, 0.4) is 0 Å². The van der Waals surface area contributed by atoms with Crippen LogP contribution in [0.15, 0.2) is 44.7 Å². The molecule has 184 valence electrons. The first kappa shape index (κ1) is 25.8. The summed E-state index contributed by atoms with van der Waals surface area (Å²) in [6.07, 6.45) is 0.926. The van der Waals surface area contributed by atoms with Gasteiger partial charge in [0.2, 0.25) is 5.75 Å². The Bertz CT molecular complexity index is 1370. The molecule has 11 nitrogen and oxygen atoms in total. The number of carbonyl (C=O) groups is 1. The van der Waals surface area contributed by atoms with Crippen molar-refractivity contribution in [3.05, 3.63) is 66.7 Å². The molecule has 3 aromatic rings. The molecule has 0 amide bonds. The van der Waals surface area contributed by atoms with Gasteiger partial charge >= 0.3 is 11.7 Å². The van der Waals surface area contributed by atoms with E-state index in [-0.39, 0.29) is 29.8 Å². The van der Waals surface area contributed by atoms with Gasteiger partial charge in [-0.1, -0.05) is 15.9 Å². The molecule has 0 saturated heterocycles. The van der Waals surface area contributed by atoms with Crippen molar-refractivity contribution in [2.24, 2.45) is 5.10 Å². The summed E-state index contributed by atoms with van der Waals surface area (Å²) in [4.78, 5) is 40.3. The second kappa shape index (κ2) is 11.1. The number of fused-ring (bicyclic) bond motifs is 1. The van der Waals surface area contributed by atoms with Crippen LogP contribution in [0.25, 0.3) is 10.9 Å². The van der Waals surface area contributed by atoms with E-state index in [4.69, 9.17) is 14.2 Å². The third-order valence-electron chi connectivity index (χ3n) is 4.55. The summed E-state index contributed by atoms with van der Waals surface area (Å²) in [6, 6.07) is 7.82. The summed E-state index contributed by atoms with van der Waals surface area (Å²) in [7, 11) is 0. The maximum atomic E-state index is 12.9. The van der Waals surface area contributed by atoms with Crippen molar-refractivity contribution in [1.29, 1.82) is 0 Å². The monoisotopic (exact) mass is 546 g/mol. The summed E-state index contributed by atoms with van der Waals surface area (Å²) in [5, 5.41) is 16.3. The summed E-state index contributed by atoms with van der Waals surface area (Å²) >= 11 is 3.34. The van der Waals surface area contributed by atoms with Crippen LogP contribution in [0.4, 0.5) is 5.69 Å². The second-order valence-electron chi connectivity index (χ2n) is 7.57. The molecule has 0 unspecified atom stereocenters. The van der Waals surface area contributed by atoms with Crippen LogP contribution >= 0.6 is 15.9 Å². The first-order chi connectivity index (χ1) is 16.6. The Morgan fingerprint density at radius 3 is 2.69 bits per heavy atom. The minimum absolute atomic E-state index is 0.0464. The number of carbonyl (C=O) groups excluding carboxylic acids is 1. The lowest BCUT2D eigenvalue weighted by atomic mass is 10.2. The SMILES string of the molecule is CCOc1cc(C=Nn2c(C)nc3ccc(Br)cc3c2=O)cc([N+](=O)[O-])c1OCC(=O)OC(C)C. The maximum absolute atomic E-state index is 12.9. The molecule has 1 heterocycles. The number of hydrogen-bond acceptors (Lipinski definition) is 9. The molecular formula is C23H23BrN4O7. The van der Waals surface area contributed by atoms with E-state index in [0.29, 0.717) is 21.2 Å². The van der Waals surface area contributed by atoms with Crippen LogP contribution in [0.5, 0.6) is 11.5 Å². The number of aromatic nitrogens is 2. The number of halogens is 1. The van der Waals surface area contributed by atoms with Gasteiger partial charge < -0.3 is 14.2 Å². The van der Waals surface area contributed by atoms with Crippen molar-refractivity contribution in [2.75, 3.05) is 13.2 Å². The van der Waals surface area contributed by atoms with E-state index in [1.165, 1.54) is 18.3 Å². The average molecular weight is 547 g/mol. The van der Waals surface area contributed by atoms with E-state index in [2.05, 4.69) is 26.0 Å². The van der Waals surface area contributed by atoms with Gasteiger partial charge in [-0.25, -0.2) is 9.78 Å². The van der Waals surface area contributed by atoms with Gasteiger partial charge in [0, 0.05) is 16.1 Å². The Labute approximate surface area is 208 Å². The maximum Gasteiger partial charge on any atom is 0.344 e. The minimum atomic E-state index is -0.673. The topological polar surface area (TPSA) is 135 Å². The first-order valence-corrected chi connectivity index (χ1v) is 11.4. The van der Waals surface area contributed by atoms with Gasteiger partial charge in [0.25, 0.3) is 5.56 Å². The van der Waals surface area contributed by atoms with Crippen molar-refractivity contribution in [1.82, 2.24) is 9.66 Å². The molecular weight excluding hydrogens is 524 g/mol. The zero-order valence-corrected chi connectivity index (χ0v) is 21.1. The van der Waals surface area contributed by atoms with Gasteiger partial charge in [0.1, 0.15) is 5.82 Å². The number of nitro benzene ring substituents is 1. The van der Waals surface area contributed by atoms with Crippen molar-refractivity contribution < 1.29 is 23.9 Å². The van der Waals surface area contributed by atoms with Gasteiger partial charge in [0.15, 0.2) is 12.4 Å². The molecule has 3 rings (SSSR count). The molecule has 0 spiro atoms. The van der Waals surface area contributed by atoms with Gasteiger partial charge in [-0.2, -0.15) is 9.78 Å². The number of rotatable bonds is 9. The molecule has 0 aliphatic carbocycles. The molecule has 35 heavy (non-hydrogen) atoms. The molecule has 0 fully saturated rings. The number of ether oxygens (including phenoxy) is 3. The predicted molar refractivity (Wildman–Crippen MR) is 132 cm³/mol. The van der Waals surface area contributed by atoms with E-state index in [9.17, 15) is 19.7 Å². The molecule has 0 aliphatic rings. The van der Waals surface area contributed by atoms with E-state index in [1.54, 1.807) is 45.9 Å².